The Balaban J connectivity index is 0. The Morgan fingerprint density at radius 1 is 1.19 bits per heavy atom. The molecule has 0 aliphatic rings. The van der Waals surface area contributed by atoms with E-state index in [4.69, 9.17) is 16.2 Å². The first-order valence-corrected chi connectivity index (χ1v) is 10.1. The molecule has 1 rings (SSSR count). The fraction of sp³-hybridized carbons (Fsp3) is 0.591. The second kappa shape index (κ2) is 17.4. The Morgan fingerprint density at radius 2 is 1.84 bits per heavy atom. The van der Waals surface area contributed by atoms with E-state index in [2.05, 4.69) is 15.6 Å². The van der Waals surface area contributed by atoms with Gasteiger partial charge in [-0.15, -0.1) is 0 Å². The highest BCUT2D eigenvalue weighted by Gasteiger charge is 2.25. The van der Waals surface area contributed by atoms with Crippen molar-refractivity contribution in [1.82, 2.24) is 10.6 Å². The van der Waals surface area contributed by atoms with Crippen molar-refractivity contribution in [3.8, 4) is 0 Å². The van der Waals surface area contributed by atoms with Crippen molar-refractivity contribution in [3.63, 3.8) is 0 Å². The van der Waals surface area contributed by atoms with Crippen LogP contribution < -0.4 is 22.1 Å². The number of esters is 1. The summed E-state index contributed by atoms with van der Waals surface area (Å²) >= 11 is 0. The number of nitrogens with two attached hydrogens (primary N) is 2. The smallest absolute Gasteiger partial charge is 0.328 e. The van der Waals surface area contributed by atoms with Crippen LogP contribution in [0.15, 0.2) is 35.3 Å². The Kier molecular flexibility index (Phi) is 17.4. The first kappa shape index (κ1) is 30.9. The van der Waals surface area contributed by atoms with E-state index in [1.54, 1.807) is 7.05 Å². The van der Waals surface area contributed by atoms with Gasteiger partial charge in [-0.1, -0.05) is 51.6 Å². The molecular weight excluding hydrogens is 414 g/mol. The van der Waals surface area contributed by atoms with E-state index in [9.17, 15) is 9.59 Å². The van der Waals surface area contributed by atoms with Gasteiger partial charge in [-0.2, -0.15) is 13.5 Å². The van der Waals surface area contributed by atoms with E-state index >= 15 is 0 Å². The molecule has 0 aromatic heterocycles. The van der Waals surface area contributed by atoms with Crippen molar-refractivity contribution < 1.29 is 14.3 Å². The van der Waals surface area contributed by atoms with E-state index < -0.39 is 18.1 Å². The van der Waals surface area contributed by atoms with E-state index in [0.29, 0.717) is 38.2 Å². The summed E-state index contributed by atoms with van der Waals surface area (Å²) in [6.45, 7) is 4.82. The fourth-order valence-electron chi connectivity index (χ4n) is 2.73. The summed E-state index contributed by atoms with van der Waals surface area (Å²) < 4.78 is 5.40. The molecule has 6 N–H and O–H groups in total. The molecule has 1 amide bonds. The molecule has 8 nitrogen and oxygen atoms in total. The highest BCUT2D eigenvalue weighted by molar-refractivity contribution is 7.59. The van der Waals surface area contributed by atoms with Crippen LogP contribution in [-0.2, 0) is 20.7 Å². The van der Waals surface area contributed by atoms with Gasteiger partial charge in [0, 0.05) is 20.0 Å². The van der Waals surface area contributed by atoms with Gasteiger partial charge in [0.2, 0.25) is 5.91 Å². The lowest BCUT2D eigenvalue weighted by atomic mass is 10.0. The Bertz CT molecular complexity index is 656. The number of nitrogens with one attached hydrogen (secondary N) is 2. The van der Waals surface area contributed by atoms with Crippen LogP contribution in [0.5, 0.6) is 0 Å². The second-order valence-corrected chi connectivity index (χ2v) is 7.38. The van der Waals surface area contributed by atoms with E-state index in [0.717, 1.165) is 5.56 Å². The zero-order valence-corrected chi connectivity index (χ0v) is 19.2. The number of nitrogens with zero attached hydrogens (tertiary/aromatic N) is 1. The Morgan fingerprint density at radius 3 is 2.42 bits per heavy atom. The predicted molar refractivity (Wildman–Crippen MR) is 132 cm³/mol. The lowest BCUT2D eigenvalue weighted by molar-refractivity contribution is -0.148. The monoisotopic (exact) mass is 455 g/mol. The number of aliphatic imine (C=N–C) groups is 1. The molecule has 1 aromatic carbocycles. The highest BCUT2D eigenvalue weighted by atomic mass is 32.1. The highest BCUT2D eigenvalue weighted by Crippen LogP contribution is 2.08. The minimum absolute atomic E-state index is 0. The van der Waals surface area contributed by atoms with Gasteiger partial charge in [0.15, 0.2) is 5.96 Å². The number of rotatable bonds is 12. The Labute approximate surface area is 194 Å². The molecule has 0 saturated heterocycles. The molecule has 0 spiro atoms. The SMILES string of the molecule is C.CN=C(N)NCCC[C@@H](N)C(=O)N[C@@H](CC(C)C)C(=O)OCCc1ccccc1.S. The third kappa shape index (κ3) is 13.6. The van der Waals surface area contributed by atoms with Gasteiger partial charge in [0.1, 0.15) is 6.04 Å². The minimum atomic E-state index is -0.705. The topological polar surface area (TPSA) is 132 Å². The zero-order valence-electron chi connectivity index (χ0n) is 18.2. The molecule has 9 heteroatoms. The second-order valence-electron chi connectivity index (χ2n) is 7.38. The molecule has 0 aliphatic carbocycles. The summed E-state index contributed by atoms with van der Waals surface area (Å²) in [5.41, 5.74) is 12.6. The van der Waals surface area contributed by atoms with E-state index in [1.165, 1.54) is 0 Å². The molecule has 0 heterocycles. The van der Waals surface area contributed by atoms with Gasteiger partial charge in [-0.25, -0.2) is 4.79 Å². The quantitative estimate of drug-likeness (QED) is 0.164. The average Bonchev–Trinajstić information content (AvgIpc) is 2.70. The number of amides is 1. The van der Waals surface area contributed by atoms with Crippen LogP contribution in [0.3, 0.4) is 0 Å². The lowest BCUT2D eigenvalue weighted by Gasteiger charge is -2.21. The number of carbonyl (C=O) groups is 2. The normalized spacial score (nSPS) is 12.7. The molecular formula is C22H41N5O3S. The molecule has 0 unspecified atom stereocenters. The van der Waals surface area contributed by atoms with Crippen LogP contribution in [-0.4, -0.2) is 50.1 Å². The molecule has 0 radical (unpaired) electrons. The molecule has 1 aromatic rings. The average molecular weight is 456 g/mol. The summed E-state index contributed by atoms with van der Waals surface area (Å²) in [7, 11) is 1.59. The number of ether oxygens (including phenoxy) is 1. The number of benzene rings is 1. The number of hydrogen-bond acceptors (Lipinski definition) is 5. The van der Waals surface area contributed by atoms with Crippen LogP contribution in [0.4, 0.5) is 0 Å². The first-order valence-electron chi connectivity index (χ1n) is 10.1. The van der Waals surface area contributed by atoms with Crippen molar-refractivity contribution in [2.24, 2.45) is 22.4 Å². The molecule has 2 atom stereocenters. The maximum absolute atomic E-state index is 12.5. The van der Waals surface area contributed by atoms with Crippen molar-refractivity contribution in [2.45, 2.75) is 59.0 Å². The van der Waals surface area contributed by atoms with Gasteiger partial charge in [-0.3, -0.25) is 9.79 Å². The summed E-state index contributed by atoms with van der Waals surface area (Å²) in [5.74, 6) is -0.214. The molecule has 0 bridgehead atoms. The first-order chi connectivity index (χ1) is 13.8. The van der Waals surface area contributed by atoms with Crippen LogP contribution in [0.2, 0.25) is 0 Å². The van der Waals surface area contributed by atoms with Crippen molar-refractivity contribution >= 4 is 31.3 Å². The molecule has 0 fully saturated rings. The number of carbonyl (C=O) groups excluding carboxylic acids is 2. The van der Waals surface area contributed by atoms with E-state index in [-0.39, 0.29) is 39.4 Å². The molecule has 31 heavy (non-hydrogen) atoms. The maximum Gasteiger partial charge on any atom is 0.328 e. The predicted octanol–water partition coefficient (Wildman–Crippen LogP) is 1.69. The van der Waals surface area contributed by atoms with Crippen LogP contribution >= 0.6 is 13.5 Å². The van der Waals surface area contributed by atoms with Crippen LogP contribution in [0.1, 0.15) is 46.1 Å². The van der Waals surface area contributed by atoms with Gasteiger partial charge in [-0.05, 0) is 30.7 Å². The van der Waals surface area contributed by atoms with Crippen LogP contribution in [0, 0.1) is 5.92 Å². The van der Waals surface area contributed by atoms with Gasteiger partial charge in [0.25, 0.3) is 0 Å². The van der Waals surface area contributed by atoms with Crippen molar-refractivity contribution in [2.75, 3.05) is 20.2 Å². The standard InChI is InChI=1S/C21H35N5O3.CH4.H2S/c1-15(2)14-18(20(28)29-13-11-16-8-5-4-6-9-16)26-19(27)17(22)10-7-12-25-21(23)24-3;;/h4-6,8-9,15,17-18H,7,10-14,22H2,1-3H3,(H,26,27)(H3,23,24,25);1H4;1H2/t17-,18+;;/m1../s1. The maximum atomic E-state index is 12.5. The van der Waals surface area contributed by atoms with Gasteiger partial charge < -0.3 is 26.8 Å². The number of guanidine groups is 1. The summed E-state index contributed by atoms with van der Waals surface area (Å²) in [4.78, 5) is 28.7. The molecule has 178 valence electrons. The van der Waals surface area contributed by atoms with Gasteiger partial charge in [0.05, 0.1) is 12.6 Å². The third-order valence-electron chi connectivity index (χ3n) is 4.36. The molecule has 0 aliphatic heterocycles. The van der Waals surface area contributed by atoms with Crippen LogP contribution in [0.25, 0.3) is 0 Å². The lowest BCUT2D eigenvalue weighted by Crippen LogP contribution is -2.49. The fourth-order valence-corrected chi connectivity index (χ4v) is 2.73. The minimum Gasteiger partial charge on any atom is -0.464 e. The summed E-state index contributed by atoms with van der Waals surface area (Å²) in [5, 5.41) is 5.66. The third-order valence-corrected chi connectivity index (χ3v) is 4.36. The summed E-state index contributed by atoms with van der Waals surface area (Å²) in [6.07, 6.45) is 2.24. The zero-order chi connectivity index (χ0) is 21.6. The van der Waals surface area contributed by atoms with Crippen molar-refractivity contribution in [3.05, 3.63) is 35.9 Å². The Hall–Kier alpha value is -2.26. The largest absolute Gasteiger partial charge is 0.464 e. The molecule has 0 saturated carbocycles. The number of hydrogen-bond donors (Lipinski definition) is 4. The van der Waals surface area contributed by atoms with Crippen molar-refractivity contribution in [1.29, 1.82) is 0 Å². The van der Waals surface area contributed by atoms with E-state index in [1.807, 2.05) is 44.2 Å². The van der Waals surface area contributed by atoms with Gasteiger partial charge >= 0.3 is 5.97 Å². The summed E-state index contributed by atoms with van der Waals surface area (Å²) in [6, 6.07) is 8.38.